The van der Waals surface area contributed by atoms with Crippen molar-refractivity contribution in [2.24, 2.45) is 9.98 Å². The van der Waals surface area contributed by atoms with Gasteiger partial charge < -0.3 is 19.2 Å². The summed E-state index contributed by atoms with van der Waals surface area (Å²) in [5.74, 6) is -1.02. The van der Waals surface area contributed by atoms with Crippen LogP contribution in [0.3, 0.4) is 0 Å². The molecule has 3 saturated heterocycles. The van der Waals surface area contributed by atoms with Gasteiger partial charge in [0.1, 0.15) is 52.4 Å². The summed E-state index contributed by atoms with van der Waals surface area (Å²) < 4.78 is 78.3. The van der Waals surface area contributed by atoms with Crippen LogP contribution in [-0.4, -0.2) is 73.1 Å². The summed E-state index contributed by atoms with van der Waals surface area (Å²) in [6.45, 7) is 3.61. The summed E-state index contributed by atoms with van der Waals surface area (Å²) in [5, 5.41) is 25.1. The van der Waals surface area contributed by atoms with Crippen molar-refractivity contribution in [3.05, 3.63) is 59.7 Å². The lowest BCUT2D eigenvalue weighted by Crippen LogP contribution is -2.77. The van der Waals surface area contributed by atoms with E-state index in [4.69, 9.17) is 0 Å². The van der Waals surface area contributed by atoms with Crippen LogP contribution in [0, 0.1) is 0 Å². The molecule has 3 aliphatic heterocycles. The van der Waals surface area contributed by atoms with Crippen molar-refractivity contribution in [3.8, 4) is 0 Å². The van der Waals surface area contributed by atoms with Gasteiger partial charge in [-0.05, 0) is 36.4 Å². The van der Waals surface area contributed by atoms with Gasteiger partial charge in [0.05, 0.1) is 22.5 Å². The smallest absolute Gasteiger partial charge is 0.416 e. The number of fused-ring (bicyclic) bond motifs is 3. The number of halogens is 6. The minimum atomic E-state index is -4.53. The molecule has 5 rings (SSSR count). The summed E-state index contributed by atoms with van der Waals surface area (Å²) >= 11 is 0. The van der Waals surface area contributed by atoms with E-state index in [0.29, 0.717) is 48.2 Å². The Bertz CT molecular complexity index is 1060. The maximum Gasteiger partial charge on any atom is 0.416 e. The molecular weight excluding hydrogens is 490 g/mol. The summed E-state index contributed by atoms with van der Waals surface area (Å²) in [4.78, 5) is 7.73. The minimum absolute atomic E-state index is 0.0472. The average Bonchev–Trinajstić information content (AvgIpc) is 2.79. The Balaban J connectivity index is 1.39. The molecule has 2 aromatic rings. The fourth-order valence-electron chi connectivity index (χ4n) is 4.85. The molecule has 3 fully saturated rings. The first-order chi connectivity index (χ1) is 16.8. The third-order valence-electron chi connectivity index (χ3n) is 6.94. The van der Waals surface area contributed by atoms with Crippen molar-refractivity contribution >= 4 is 23.2 Å². The van der Waals surface area contributed by atoms with Crippen LogP contribution in [-0.2, 0) is 12.4 Å². The Morgan fingerprint density at radius 3 is 1.28 bits per heavy atom. The second-order valence-corrected chi connectivity index (χ2v) is 9.45. The Kier molecular flexibility index (Phi) is 6.78. The number of aliphatic imine (C=N–C) groups is 2. The maximum atomic E-state index is 12.9. The van der Waals surface area contributed by atoms with E-state index in [-0.39, 0.29) is 24.5 Å². The molecule has 0 radical (unpaired) electrons. The largest absolute Gasteiger partial charge is 0.858 e. The van der Waals surface area contributed by atoms with Gasteiger partial charge in [-0.1, -0.05) is 12.1 Å². The number of quaternary nitrogens is 2. The number of rotatable bonds is 6. The lowest BCUT2D eigenvalue weighted by atomic mass is 10.1. The predicted octanol–water partition coefficient (Wildman–Crippen LogP) is 2.87. The Hall–Kier alpha value is -3.12. The maximum absolute atomic E-state index is 12.9. The number of nitrogens with zero attached hydrogens (tertiary/aromatic N) is 4. The third kappa shape index (κ3) is 5.98. The molecule has 0 amide bonds. The second kappa shape index (κ2) is 9.40. The fraction of sp³-hybridized carbons (Fsp3) is 0.417. The molecular formula is C24H24F6N4O2. The normalized spacial score (nSPS) is 25.3. The molecule has 0 spiro atoms. The van der Waals surface area contributed by atoms with Crippen LogP contribution in [0.1, 0.15) is 11.1 Å². The topological polar surface area (TPSA) is 70.8 Å². The fourth-order valence-corrected chi connectivity index (χ4v) is 4.85. The molecule has 0 atom stereocenters. The molecule has 6 nitrogen and oxygen atoms in total. The van der Waals surface area contributed by atoms with E-state index in [1.54, 1.807) is 0 Å². The molecule has 0 aliphatic carbocycles. The quantitative estimate of drug-likeness (QED) is 0.258. The van der Waals surface area contributed by atoms with Crippen molar-refractivity contribution in [2.45, 2.75) is 12.4 Å². The van der Waals surface area contributed by atoms with Gasteiger partial charge in [0.25, 0.3) is 0 Å². The summed E-state index contributed by atoms with van der Waals surface area (Å²) in [7, 11) is 0. The van der Waals surface area contributed by atoms with Crippen molar-refractivity contribution in [2.75, 3.05) is 52.4 Å². The van der Waals surface area contributed by atoms with Gasteiger partial charge >= 0.3 is 12.4 Å². The molecule has 2 bridgehead atoms. The van der Waals surface area contributed by atoms with Gasteiger partial charge in [0.15, 0.2) is 0 Å². The number of piperazine rings is 3. The van der Waals surface area contributed by atoms with Crippen LogP contribution in [0.4, 0.5) is 37.7 Å². The zero-order valence-electron chi connectivity index (χ0n) is 19.1. The van der Waals surface area contributed by atoms with Crippen LogP contribution in [0.5, 0.6) is 0 Å². The van der Waals surface area contributed by atoms with E-state index in [1.807, 2.05) is 0 Å². The zero-order valence-corrected chi connectivity index (χ0v) is 19.1. The molecule has 36 heavy (non-hydrogen) atoms. The summed E-state index contributed by atoms with van der Waals surface area (Å²) in [6.07, 6.45) is -9.05. The van der Waals surface area contributed by atoms with Gasteiger partial charge in [-0.2, -0.15) is 26.3 Å². The third-order valence-corrected chi connectivity index (χ3v) is 6.94. The number of hydrogen-bond acceptors (Lipinski definition) is 4. The first-order valence-corrected chi connectivity index (χ1v) is 11.3. The highest BCUT2D eigenvalue weighted by Gasteiger charge is 2.48. The lowest BCUT2D eigenvalue weighted by molar-refractivity contribution is -1.07. The first-order valence-electron chi connectivity index (χ1n) is 11.3. The Morgan fingerprint density at radius 1 is 0.639 bits per heavy atom. The minimum Gasteiger partial charge on any atom is -0.858 e. The highest BCUT2D eigenvalue weighted by Crippen LogP contribution is 2.33. The van der Waals surface area contributed by atoms with Crippen molar-refractivity contribution in [1.29, 1.82) is 0 Å². The van der Waals surface area contributed by atoms with E-state index >= 15 is 0 Å². The van der Waals surface area contributed by atoms with Gasteiger partial charge in [-0.15, -0.1) is 0 Å². The highest BCUT2D eigenvalue weighted by atomic mass is 19.4. The van der Waals surface area contributed by atoms with E-state index in [9.17, 15) is 36.6 Å². The van der Waals surface area contributed by atoms with Crippen LogP contribution >= 0.6 is 0 Å². The van der Waals surface area contributed by atoms with Crippen LogP contribution in [0.15, 0.2) is 58.5 Å². The van der Waals surface area contributed by atoms with Gasteiger partial charge in [-0.3, -0.25) is 9.98 Å². The molecule has 2 aromatic carbocycles. The standard InChI is InChI=1S/C24H24F6N4O2/c25-23(26,27)17-3-1-5-19(13-17)31-21(35)15-33-7-10-34(11-8-33,12-9-33)16-22(36)32-20-6-2-4-18(14-20)24(28,29)30/h1-6,13-14H,7-12,15-16H2. The van der Waals surface area contributed by atoms with E-state index in [0.717, 1.165) is 24.3 Å². The van der Waals surface area contributed by atoms with Gasteiger partial charge in [0, 0.05) is 11.8 Å². The van der Waals surface area contributed by atoms with E-state index in [1.165, 1.54) is 24.3 Å². The molecule has 12 heteroatoms. The molecule has 3 heterocycles. The number of hydrogen-bond donors (Lipinski definition) is 0. The van der Waals surface area contributed by atoms with Crippen LogP contribution < -0.4 is 10.2 Å². The summed E-state index contributed by atoms with van der Waals surface area (Å²) in [5.41, 5.74) is -1.84. The van der Waals surface area contributed by atoms with Gasteiger partial charge in [0.2, 0.25) is 0 Å². The molecule has 0 saturated carbocycles. The lowest BCUT2D eigenvalue weighted by Gasteiger charge is -2.56. The number of benzene rings is 2. The highest BCUT2D eigenvalue weighted by molar-refractivity contribution is 5.77. The molecule has 194 valence electrons. The Labute approximate surface area is 203 Å². The SMILES string of the molecule is [O-]C(C[N+]12CC[N+](CC([O-])=Nc3cccc(C(F)(F)F)c3)(CC1)CC2)=Nc1cccc(C(F)(F)F)c1. The molecule has 0 aromatic heterocycles. The van der Waals surface area contributed by atoms with Crippen molar-refractivity contribution in [1.82, 2.24) is 0 Å². The van der Waals surface area contributed by atoms with E-state index < -0.39 is 35.3 Å². The number of alkyl halides is 6. The van der Waals surface area contributed by atoms with Crippen LogP contribution in [0.25, 0.3) is 0 Å². The molecule has 0 unspecified atom stereocenters. The van der Waals surface area contributed by atoms with E-state index in [2.05, 4.69) is 9.98 Å². The average molecular weight is 514 g/mol. The first kappa shape index (κ1) is 26.0. The summed E-state index contributed by atoms with van der Waals surface area (Å²) in [6, 6.07) is 8.61. The Morgan fingerprint density at radius 2 is 0.972 bits per heavy atom. The molecule has 0 N–H and O–H groups in total. The predicted molar refractivity (Wildman–Crippen MR) is 117 cm³/mol. The monoisotopic (exact) mass is 514 g/mol. The molecule has 3 aliphatic rings. The van der Waals surface area contributed by atoms with Crippen molar-refractivity contribution in [3.63, 3.8) is 0 Å². The van der Waals surface area contributed by atoms with Crippen LogP contribution in [0.2, 0.25) is 0 Å². The zero-order chi connectivity index (χ0) is 26.2. The van der Waals surface area contributed by atoms with Gasteiger partial charge in [-0.25, -0.2) is 0 Å². The van der Waals surface area contributed by atoms with Crippen molar-refractivity contribution < 1.29 is 45.5 Å². The second-order valence-electron chi connectivity index (χ2n) is 9.45.